The first-order chi connectivity index (χ1) is 13.0. The first kappa shape index (κ1) is 17.9. The van der Waals surface area contributed by atoms with Crippen molar-refractivity contribution in [3.8, 4) is 11.4 Å². The molecule has 0 aliphatic carbocycles. The Morgan fingerprint density at radius 2 is 2.04 bits per heavy atom. The normalized spacial score (nSPS) is 17.6. The van der Waals surface area contributed by atoms with Crippen molar-refractivity contribution in [3.63, 3.8) is 0 Å². The molecule has 5 nitrogen and oxygen atoms in total. The minimum absolute atomic E-state index is 0.396. The molecule has 1 aliphatic heterocycles. The van der Waals surface area contributed by atoms with E-state index in [1.807, 2.05) is 25.2 Å². The molecule has 0 saturated carbocycles. The summed E-state index contributed by atoms with van der Waals surface area (Å²) < 4.78 is 2.09. The highest BCUT2D eigenvalue weighted by molar-refractivity contribution is 6.33. The van der Waals surface area contributed by atoms with Crippen molar-refractivity contribution >= 4 is 28.5 Å². The second-order valence-corrected chi connectivity index (χ2v) is 7.64. The topological polar surface area (TPSA) is 37.2 Å². The first-order valence-electron chi connectivity index (χ1n) is 9.20. The van der Waals surface area contributed by atoms with E-state index in [2.05, 4.69) is 51.9 Å². The van der Waals surface area contributed by atoms with E-state index in [4.69, 9.17) is 16.6 Å². The molecule has 2 aromatic heterocycles. The van der Waals surface area contributed by atoms with Crippen LogP contribution in [0.2, 0.25) is 5.02 Å². The second-order valence-electron chi connectivity index (χ2n) is 7.23. The van der Waals surface area contributed by atoms with Gasteiger partial charge in [-0.05, 0) is 32.0 Å². The molecule has 3 heterocycles. The third kappa shape index (κ3) is 3.16. The van der Waals surface area contributed by atoms with Crippen molar-refractivity contribution in [3.05, 3.63) is 53.8 Å². The maximum Gasteiger partial charge on any atom is 0.142 e. The Kier molecular flexibility index (Phi) is 4.56. The molecule has 1 saturated heterocycles. The molecular weight excluding hydrogens is 358 g/mol. The van der Waals surface area contributed by atoms with Crippen molar-refractivity contribution in [2.45, 2.75) is 19.9 Å². The monoisotopic (exact) mass is 381 g/mol. The van der Waals surface area contributed by atoms with Crippen LogP contribution in [0.25, 0.3) is 22.4 Å². The summed E-state index contributed by atoms with van der Waals surface area (Å²) in [6.07, 6.45) is 1.74. The number of hydrogen-bond donors (Lipinski definition) is 0. The molecule has 0 spiro atoms. The molecule has 0 N–H and O–H groups in total. The Labute approximate surface area is 164 Å². The Balaban J connectivity index is 1.70. The predicted molar refractivity (Wildman–Crippen MR) is 112 cm³/mol. The van der Waals surface area contributed by atoms with Gasteiger partial charge in [0, 0.05) is 50.2 Å². The van der Waals surface area contributed by atoms with Gasteiger partial charge in [-0.3, -0.25) is 0 Å². The van der Waals surface area contributed by atoms with E-state index in [1.165, 1.54) is 0 Å². The van der Waals surface area contributed by atoms with Crippen LogP contribution in [0.3, 0.4) is 0 Å². The largest absolute Gasteiger partial charge is 0.369 e. The zero-order chi connectivity index (χ0) is 19.1. The van der Waals surface area contributed by atoms with Gasteiger partial charge in [0.1, 0.15) is 11.6 Å². The fraction of sp³-hybridized carbons (Fsp3) is 0.333. The standard InChI is InChI=1S/C21H24ClN5/c1-14(2)27-10-9-26(13-15(27)3)20-11-16(17(22)12-23-20)21-24-18-7-5-6-8-19(18)25(21)4/h5-8,11-12,15H,1,9-10,13H2,2-4H3/t15-/m0/s1. The molecule has 3 aromatic rings. The molecule has 0 unspecified atom stereocenters. The molecule has 1 aliphatic rings. The molecule has 1 atom stereocenters. The van der Waals surface area contributed by atoms with Crippen LogP contribution in [-0.4, -0.2) is 45.1 Å². The number of aromatic nitrogens is 3. The number of nitrogens with zero attached hydrogens (tertiary/aromatic N) is 5. The highest BCUT2D eigenvalue weighted by Crippen LogP contribution is 2.32. The average Bonchev–Trinajstić information content (AvgIpc) is 2.98. The number of anilines is 1. The molecule has 27 heavy (non-hydrogen) atoms. The van der Waals surface area contributed by atoms with E-state index in [0.717, 1.165) is 53.6 Å². The van der Waals surface area contributed by atoms with Crippen LogP contribution < -0.4 is 4.90 Å². The van der Waals surface area contributed by atoms with E-state index < -0.39 is 0 Å². The summed E-state index contributed by atoms with van der Waals surface area (Å²) in [5.74, 6) is 1.80. The number of para-hydroxylation sites is 2. The Morgan fingerprint density at radius 3 is 2.74 bits per heavy atom. The van der Waals surface area contributed by atoms with Gasteiger partial charge in [-0.15, -0.1) is 0 Å². The fourth-order valence-corrected chi connectivity index (χ4v) is 4.08. The molecule has 0 radical (unpaired) electrons. The number of benzene rings is 1. The van der Waals surface area contributed by atoms with Crippen molar-refractivity contribution in [1.29, 1.82) is 0 Å². The van der Waals surface area contributed by atoms with Gasteiger partial charge >= 0.3 is 0 Å². The maximum absolute atomic E-state index is 6.51. The van der Waals surface area contributed by atoms with E-state index in [-0.39, 0.29) is 0 Å². The number of piperazine rings is 1. The van der Waals surface area contributed by atoms with Crippen LogP contribution in [0.5, 0.6) is 0 Å². The molecule has 0 bridgehead atoms. The molecule has 6 heteroatoms. The highest BCUT2D eigenvalue weighted by Gasteiger charge is 2.25. The summed E-state index contributed by atoms with van der Waals surface area (Å²) >= 11 is 6.51. The average molecular weight is 382 g/mol. The summed E-state index contributed by atoms with van der Waals surface area (Å²) in [5.41, 5.74) is 4.08. The number of hydrogen-bond acceptors (Lipinski definition) is 4. The third-order valence-electron chi connectivity index (χ3n) is 5.31. The smallest absolute Gasteiger partial charge is 0.142 e. The van der Waals surface area contributed by atoms with E-state index >= 15 is 0 Å². The van der Waals surface area contributed by atoms with Crippen LogP contribution in [0, 0.1) is 0 Å². The SMILES string of the molecule is C=C(C)N1CCN(c2cc(-c3nc4ccccc4n3C)c(Cl)cn2)C[C@@H]1C. The fourth-order valence-electron chi connectivity index (χ4n) is 3.89. The quantitative estimate of drug-likeness (QED) is 0.676. The van der Waals surface area contributed by atoms with Crippen molar-refractivity contribution in [2.75, 3.05) is 24.5 Å². The summed E-state index contributed by atoms with van der Waals surface area (Å²) in [5, 5.41) is 0.616. The van der Waals surface area contributed by atoms with Gasteiger partial charge in [-0.25, -0.2) is 9.97 Å². The molecule has 1 aromatic carbocycles. The van der Waals surface area contributed by atoms with Gasteiger partial charge < -0.3 is 14.4 Å². The summed E-state index contributed by atoms with van der Waals surface area (Å²) in [6.45, 7) is 11.1. The molecular formula is C21H24ClN5. The highest BCUT2D eigenvalue weighted by atomic mass is 35.5. The van der Waals surface area contributed by atoms with Gasteiger partial charge in [0.15, 0.2) is 0 Å². The number of allylic oxidation sites excluding steroid dienone is 1. The van der Waals surface area contributed by atoms with Gasteiger partial charge in [-0.2, -0.15) is 0 Å². The van der Waals surface area contributed by atoms with Crippen LogP contribution in [0.1, 0.15) is 13.8 Å². The Morgan fingerprint density at radius 1 is 1.26 bits per heavy atom. The van der Waals surface area contributed by atoms with Gasteiger partial charge in [0.05, 0.1) is 16.1 Å². The van der Waals surface area contributed by atoms with Crippen molar-refractivity contribution in [2.24, 2.45) is 7.05 Å². The van der Waals surface area contributed by atoms with Gasteiger partial charge in [0.2, 0.25) is 0 Å². The Hall–Kier alpha value is -2.53. The first-order valence-corrected chi connectivity index (χ1v) is 9.58. The van der Waals surface area contributed by atoms with E-state index in [9.17, 15) is 0 Å². The lowest BCUT2D eigenvalue weighted by molar-refractivity contribution is 0.244. The number of halogens is 1. The second kappa shape index (κ2) is 6.89. The minimum Gasteiger partial charge on any atom is -0.369 e. The number of fused-ring (bicyclic) bond motifs is 1. The zero-order valence-electron chi connectivity index (χ0n) is 16.0. The summed E-state index contributed by atoms with van der Waals surface area (Å²) in [7, 11) is 2.02. The molecule has 1 fully saturated rings. The Bertz CT molecular complexity index is 1010. The van der Waals surface area contributed by atoms with Crippen LogP contribution >= 0.6 is 11.6 Å². The lowest BCUT2D eigenvalue weighted by Gasteiger charge is -2.42. The van der Waals surface area contributed by atoms with Gasteiger partial charge in [0.25, 0.3) is 0 Å². The number of rotatable bonds is 3. The predicted octanol–water partition coefficient (Wildman–Crippen LogP) is 4.33. The molecule has 140 valence electrons. The summed E-state index contributed by atoms with van der Waals surface area (Å²) in [6, 6.07) is 10.6. The lowest BCUT2D eigenvalue weighted by Crippen LogP contribution is -2.51. The van der Waals surface area contributed by atoms with Crippen molar-refractivity contribution in [1.82, 2.24) is 19.4 Å². The van der Waals surface area contributed by atoms with Crippen molar-refractivity contribution < 1.29 is 0 Å². The van der Waals surface area contributed by atoms with Crippen LogP contribution in [0.15, 0.2) is 48.8 Å². The molecule has 4 rings (SSSR count). The van der Waals surface area contributed by atoms with E-state index in [1.54, 1.807) is 6.20 Å². The van der Waals surface area contributed by atoms with Crippen LogP contribution in [-0.2, 0) is 7.05 Å². The number of pyridine rings is 1. The number of aryl methyl sites for hydroxylation is 1. The minimum atomic E-state index is 0.396. The van der Waals surface area contributed by atoms with Crippen LogP contribution in [0.4, 0.5) is 5.82 Å². The zero-order valence-corrected chi connectivity index (χ0v) is 16.7. The maximum atomic E-state index is 6.51. The van der Waals surface area contributed by atoms with Gasteiger partial charge in [-0.1, -0.05) is 30.3 Å². The lowest BCUT2D eigenvalue weighted by atomic mass is 10.1. The van der Waals surface area contributed by atoms with E-state index in [0.29, 0.717) is 11.1 Å². The molecule has 0 amide bonds. The summed E-state index contributed by atoms with van der Waals surface area (Å²) in [4.78, 5) is 14.0. The third-order valence-corrected chi connectivity index (χ3v) is 5.61. The number of imidazole rings is 1.